The highest BCUT2D eigenvalue weighted by Crippen LogP contribution is 2.39. The fourth-order valence-corrected chi connectivity index (χ4v) is 3.83. The Morgan fingerprint density at radius 3 is 2.60 bits per heavy atom. The number of non-ortho nitro benzene ring substituents is 1. The third-order valence-electron chi connectivity index (χ3n) is 5.37. The van der Waals surface area contributed by atoms with Crippen molar-refractivity contribution >= 4 is 40.2 Å². The number of rotatable bonds is 9. The number of nitro groups is 1. The summed E-state index contributed by atoms with van der Waals surface area (Å²) >= 11 is 0. The molecule has 35 heavy (non-hydrogen) atoms. The molecule has 3 aromatic rings. The van der Waals surface area contributed by atoms with E-state index in [1.165, 1.54) is 18.2 Å². The first kappa shape index (κ1) is 23.7. The summed E-state index contributed by atoms with van der Waals surface area (Å²) in [6.07, 6.45) is 0. The molecule has 178 valence electrons. The van der Waals surface area contributed by atoms with Gasteiger partial charge in [-0.15, -0.1) is 0 Å². The van der Waals surface area contributed by atoms with Gasteiger partial charge in [-0.05, 0) is 36.2 Å². The van der Waals surface area contributed by atoms with E-state index in [-0.39, 0.29) is 24.1 Å². The van der Waals surface area contributed by atoms with Crippen LogP contribution in [-0.2, 0) is 20.9 Å². The van der Waals surface area contributed by atoms with Crippen LogP contribution in [0, 0.1) is 10.1 Å². The lowest BCUT2D eigenvalue weighted by Gasteiger charge is -2.15. The van der Waals surface area contributed by atoms with Gasteiger partial charge in [0, 0.05) is 35.6 Å². The summed E-state index contributed by atoms with van der Waals surface area (Å²) in [6, 6.07) is 21.2. The minimum atomic E-state index is -0.483. The van der Waals surface area contributed by atoms with Crippen LogP contribution in [0.25, 0.3) is 11.3 Å². The van der Waals surface area contributed by atoms with Crippen molar-refractivity contribution in [2.45, 2.75) is 13.5 Å². The number of nitrogens with one attached hydrogen (secondary N) is 3. The highest BCUT2D eigenvalue weighted by atomic mass is 16.6. The number of amides is 1. The van der Waals surface area contributed by atoms with E-state index in [1.54, 1.807) is 6.92 Å². The molecule has 0 bridgehead atoms. The third-order valence-corrected chi connectivity index (χ3v) is 5.37. The number of benzene rings is 3. The largest absolute Gasteiger partial charge is 0.465 e. The van der Waals surface area contributed by atoms with E-state index in [0.29, 0.717) is 35.7 Å². The van der Waals surface area contributed by atoms with E-state index in [4.69, 9.17) is 4.74 Å². The fourth-order valence-electron chi connectivity index (χ4n) is 3.83. The van der Waals surface area contributed by atoms with Crippen molar-refractivity contribution in [3.8, 4) is 0 Å². The van der Waals surface area contributed by atoms with E-state index >= 15 is 0 Å². The summed E-state index contributed by atoms with van der Waals surface area (Å²) < 4.78 is 4.92. The molecule has 1 amide bonds. The Morgan fingerprint density at radius 2 is 1.86 bits per heavy atom. The second kappa shape index (κ2) is 10.6. The lowest BCUT2D eigenvalue weighted by molar-refractivity contribution is -0.384. The molecule has 0 saturated heterocycles. The van der Waals surface area contributed by atoms with Gasteiger partial charge >= 0.3 is 5.97 Å². The molecule has 0 atom stereocenters. The number of carbonyl (C=O) groups is 2. The number of ether oxygens (including phenoxy) is 1. The zero-order valence-electron chi connectivity index (χ0n) is 19.0. The predicted octanol–water partition coefficient (Wildman–Crippen LogP) is 4.18. The minimum Gasteiger partial charge on any atom is -0.465 e. The lowest BCUT2D eigenvalue weighted by Crippen LogP contribution is -2.24. The average Bonchev–Trinajstić information content (AvgIpc) is 3.18. The van der Waals surface area contributed by atoms with Crippen LogP contribution >= 0.6 is 0 Å². The highest BCUT2D eigenvalue weighted by molar-refractivity contribution is 6.37. The quantitative estimate of drug-likeness (QED) is 0.185. The van der Waals surface area contributed by atoms with Gasteiger partial charge in [-0.25, -0.2) is 0 Å². The number of anilines is 2. The molecule has 1 aliphatic rings. The molecular formula is C26H24N4O5. The standard InChI is InChI=1S/C26H24N4O5/c1-2-35-23(31)16-27-15-17-7-6-10-19(13-17)28-25(18-8-4-3-5-9-18)24-21-14-20(30(33)34)11-12-22(21)29-26(24)32/h3-14,27-28H,2,15-16H2,1H3,(H,29,32). The van der Waals surface area contributed by atoms with Crippen LogP contribution in [0.3, 0.4) is 0 Å². The van der Waals surface area contributed by atoms with Gasteiger partial charge in [0.2, 0.25) is 0 Å². The molecular weight excluding hydrogens is 448 g/mol. The van der Waals surface area contributed by atoms with Gasteiger partial charge in [0.15, 0.2) is 0 Å². The third kappa shape index (κ3) is 5.53. The molecule has 9 heteroatoms. The molecule has 4 rings (SSSR count). The second-order valence-corrected chi connectivity index (χ2v) is 7.79. The lowest BCUT2D eigenvalue weighted by atomic mass is 9.99. The summed E-state index contributed by atoms with van der Waals surface area (Å²) in [4.78, 5) is 35.4. The van der Waals surface area contributed by atoms with Crippen molar-refractivity contribution in [2.24, 2.45) is 0 Å². The molecule has 3 aromatic carbocycles. The average molecular weight is 473 g/mol. The van der Waals surface area contributed by atoms with Crippen molar-refractivity contribution in [2.75, 3.05) is 23.8 Å². The van der Waals surface area contributed by atoms with E-state index in [2.05, 4.69) is 16.0 Å². The highest BCUT2D eigenvalue weighted by Gasteiger charge is 2.30. The van der Waals surface area contributed by atoms with Crippen molar-refractivity contribution in [1.29, 1.82) is 0 Å². The van der Waals surface area contributed by atoms with Gasteiger partial charge in [0.05, 0.1) is 29.3 Å². The number of esters is 1. The SMILES string of the molecule is CCOC(=O)CNCc1cccc(NC(=C2C(=O)Nc3ccc([N+](=O)[O-])cc32)c2ccccc2)c1. The monoisotopic (exact) mass is 472 g/mol. The molecule has 1 heterocycles. The molecule has 0 aromatic heterocycles. The van der Waals surface area contributed by atoms with E-state index in [1.807, 2.05) is 54.6 Å². The summed E-state index contributed by atoms with van der Waals surface area (Å²) in [5.74, 6) is -0.669. The van der Waals surface area contributed by atoms with Crippen molar-refractivity contribution in [1.82, 2.24) is 5.32 Å². The number of fused-ring (bicyclic) bond motifs is 1. The van der Waals surface area contributed by atoms with E-state index in [0.717, 1.165) is 16.8 Å². The number of hydrogen-bond acceptors (Lipinski definition) is 7. The van der Waals surface area contributed by atoms with Crippen LogP contribution in [0.1, 0.15) is 23.6 Å². The Hall–Kier alpha value is -4.50. The van der Waals surface area contributed by atoms with Gasteiger partial charge < -0.3 is 20.7 Å². The number of carbonyl (C=O) groups excluding carboxylic acids is 2. The summed E-state index contributed by atoms with van der Waals surface area (Å²) in [5.41, 5.74) is 4.12. The van der Waals surface area contributed by atoms with Crippen molar-refractivity contribution in [3.63, 3.8) is 0 Å². The zero-order chi connectivity index (χ0) is 24.8. The van der Waals surface area contributed by atoms with Crippen LogP contribution in [0.5, 0.6) is 0 Å². The molecule has 0 saturated carbocycles. The Bertz CT molecular complexity index is 1300. The van der Waals surface area contributed by atoms with Crippen LogP contribution in [0.2, 0.25) is 0 Å². The fraction of sp³-hybridized carbons (Fsp3) is 0.154. The van der Waals surface area contributed by atoms with Gasteiger partial charge in [-0.3, -0.25) is 19.7 Å². The molecule has 0 spiro atoms. The maximum atomic E-state index is 13.0. The van der Waals surface area contributed by atoms with E-state index in [9.17, 15) is 19.7 Å². The smallest absolute Gasteiger partial charge is 0.319 e. The molecule has 0 aliphatic carbocycles. The van der Waals surface area contributed by atoms with Gasteiger partial charge in [0.25, 0.3) is 11.6 Å². The van der Waals surface area contributed by atoms with E-state index < -0.39 is 4.92 Å². The number of nitro benzene ring substituents is 1. The second-order valence-electron chi connectivity index (χ2n) is 7.79. The first-order valence-electron chi connectivity index (χ1n) is 11.1. The van der Waals surface area contributed by atoms with Gasteiger partial charge in [-0.1, -0.05) is 42.5 Å². The summed E-state index contributed by atoms with van der Waals surface area (Å²) in [7, 11) is 0. The number of nitrogens with zero attached hydrogens (tertiary/aromatic N) is 1. The normalized spacial score (nSPS) is 13.6. The molecule has 0 unspecified atom stereocenters. The Morgan fingerprint density at radius 1 is 1.06 bits per heavy atom. The molecule has 3 N–H and O–H groups in total. The Labute approximate surface area is 202 Å². The Balaban J connectivity index is 1.69. The van der Waals surface area contributed by atoms with Crippen LogP contribution < -0.4 is 16.0 Å². The van der Waals surface area contributed by atoms with Gasteiger partial charge in [0.1, 0.15) is 0 Å². The topological polar surface area (TPSA) is 123 Å². The first-order valence-corrected chi connectivity index (χ1v) is 11.1. The zero-order valence-corrected chi connectivity index (χ0v) is 19.0. The van der Waals surface area contributed by atoms with Crippen molar-refractivity contribution < 1.29 is 19.2 Å². The minimum absolute atomic E-state index is 0.0974. The van der Waals surface area contributed by atoms with Crippen molar-refractivity contribution in [3.05, 3.63) is 99.6 Å². The summed E-state index contributed by atoms with van der Waals surface area (Å²) in [5, 5.41) is 20.5. The maximum absolute atomic E-state index is 13.0. The molecule has 0 fully saturated rings. The van der Waals surface area contributed by atoms with Crippen LogP contribution in [0.4, 0.5) is 17.1 Å². The summed E-state index contributed by atoms with van der Waals surface area (Å²) in [6.45, 7) is 2.63. The maximum Gasteiger partial charge on any atom is 0.319 e. The molecule has 0 radical (unpaired) electrons. The van der Waals surface area contributed by atoms with Crippen LogP contribution in [-0.4, -0.2) is 30.0 Å². The number of hydrogen-bond donors (Lipinski definition) is 3. The van der Waals surface area contributed by atoms with Crippen LogP contribution in [0.15, 0.2) is 72.8 Å². The van der Waals surface area contributed by atoms with Gasteiger partial charge in [-0.2, -0.15) is 0 Å². The first-order chi connectivity index (χ1) is 17.0. The Kier molecular flexibility index (Phi) is 7.18. The predicted molar refractivity (Wildman–Crippen MR) is 133 cm³/mol. The molecule has 1 aliphatic heterocycles. The molecule has 9 nitrogen and oxygen atoms in total.